The van der Waals surface area contributed by atoms with E-state index in [0.29, 0.717) is 0 Å². The summed E-state index contributed by atoms with van der Waals surface area (Å²) in [6.45, 7) is 0. The summed E-state index contributed by atoms with van der Waals surface area (Å²) in [7, 11) is 0. The third kappa shape index (κ3) is 2.79. The smallest absolute Gasteiger partial charge is 0.337 e. The number of aromatic carboxylic acids is 1. The molecule has 0 fully saturated rings. The second-order valence-electron chi connectivity index (χ2n) is 3.55. The summed E-state index contributed by atoms with van der Waals surface area (Å²) < 4.78 is 0. The molecule has 0 atom stereocenters. The quantitative estimate of drug-likeness (QED) is 0.616. The van der Waals surface area contributed by atoms with Gasteiger partial charge in [-0.05, 0) is 24.3 Å². The number of pyridine rings is 1. The molecule has 0 aliphatic heterocycles. The zero-order valence-electron chi connectivity index (χ0n) is 9.12. The molecule has 0 aliphatic rings. The Morgan fingerprint density at radius 3 is 2.26 bits per heavy atom. The Kier molecular flexibility index (Phi) is 4.21. The van der Waals surface area contributed by atoms with Crippen LogP contribution in [-0.2, 0) is 0 Å². The number of nitrogens with zero attached hydrogens (tertiary/aromatic N) is 1. The van der Waals surface area contributed by atoms with Crippen molar-refractivity contribution in [2.24, 2.45) is 0 Å². The average Bonchev–Trinajstić information content (AvgIpc) is 2.34. The summed E-state index contributed by atoms with van der Waals surface area (Å²) in [6.07, 6.45) is 0. The Morgan fingerprint density at radius 1 is 1.00 bits per heavy atom. The first-order valence-corrected chi connectivity index (χ1v) is 6.46. The Bertz CT molecular complexity index is 673. The number of aromatic nitrogens is 1. The summed E-state index contributed by atoms with van der Waals surface area (Å²) in [4.78, 5) is 15.2. The van der Waals surface area contributed by atoms with Gasteiger partial charge in [0.15, 0.2) is 0 Å². The van der Waals surface area contributed by atoms with Crippen LogP contribution in [0.3, 0.4) is 0 Å². The van der Waals surface area contributed by atoms with Gasteiger partial charge in [-0.3, -0.25) is 0 Å². The van der Waals surface area contributed by atoms with Crippen molar-refractivity contribution < 1.29 is 9.90 Å². The number of benzene rings is 1. The minimum Gasteiger partial charge on any atom is -0.478 e. The van der Waals surface area contributed by atoms with Crippen molar-refractivity contribution in [3.8, 4) is 11.3 Å². The van der Waals surface area contributed by atoms with E-state index < -0.39 is 5.97 Å². The largest absolute Gasteiger partial charge is 0.478 e. The minimum atomic E-state index is -1.16. The molecule has 0 spiro atoms. The lowest BCUT2D eigenvalue weighted by molar-refractivity contribution is 0.0697. The van der Waals surface area contributed by atoms with Gasteiger partial charge in [0.25, 0.3) is 0 Å². The molecule has 2 aromatic rings. The highest BCUT2D eigenvalue weighted by molar-refractivity contribution is 6.46. The van der Waals surface area contributed by atoms with E-state index in [1.165, 1.54) is 24.3 Å². The number of carboxylic acid groups (broad SMARTS) is 1. The number of halogens is 4. The predicted molar refractivity (Wildman–Crippen MR) is 76.7 cm³/mol. The van der Waals surface area contributed by atoms with Crippen LogP contribution in [0, 0.1) is 0 Å². The highest BCUT2D eigenvalue weighted by Crippen LogP contribution is 2.39. The van der Waals surface area contributed by atoms with Crippen molar-refractivity contribution in [1.29, 1.82) is 0 Å². The second kappa shape index (κ2) is 5.55. The normalized spacial score (nSPS) is 10.5. The summed E-state index contributed by atoms with van der Waals surface area (Å²) >= 11 is 23.8. The fourth-order valence-electron chi connectivity index (χ4n) is 1.54. The van der Waals surface area contributed by atoms with Crippen molar-refractivity contribution in [2.75, 3.05) is 0 Å². The molecule has 1 aromatic heterocycles. The van der Waals surface area contributed by atoms with Crippen LogP contribution in [0.2, 0.25) is 20.2 Å². The van der Waals surface area contributed by atoms with E-state index in [-0.39, 0.29) is 37.0 Å². The van der Waals surface area contributed by atoms with Gasteiger partial charge in [-0.15, -0.1) is 0 Å². The van der Waals surface area contributed by atoms with Gasteiger partial charge in [-0.1, -0.05) is 46.4 Å². The lowest BCUT2D eigenvalue weighted by Gasteiger charge is -2.10. The zero-order valence-corrected chi connectivity index (χ0v) is 12.1. The summed E-state index contributed by atoms with van der Waals surface area (Å²) in [5, 5.41) is 9.92. The predicted octanol–water partition coefficient (Wildman–Crippen LogP) is 5.06. The number of carboxylic acids is 1. The lowest BCUT2D eigenvalue weighted by atomic mass is 10.1. The molecule has 1 aromatic carbocycles. The van der Waals surface area contributed by atoms with E-state index in [1.807, 2.05) is 0 Å². The molecule has 0 saturated carbocycles. The molecule has 0 unspecified atom stereocenters. The van der Waals surface area contributed by atoms with Crippen LogP contribution in [-0.4, -0.2) is 16.1 Å². The van der Waals surface area contributed by atoms with Gasteiger partial charge in [0.05, 0.1) is 26.3 Å². The van der Waals surface area contributed by atoms with Crippen LogP contribution in [0.1, 0.15) is 10.4 Å². The molecule has 1 N–H and O–H groups in total. The van der Waals surface area contributed by atoms with Crippen molar-refractivity contribution in [3.63, 3.8) is 0 Å². The highest BCUT2D eigenvalue weighted by atomic mass is 35.5. The first-order chi connectivity index (χ1) is 8.91. The summed E-state index contributed by atoms with van der Waals surface area (Å²) in [5.41, 5.74) is 0.267. The van der Waals surface area contributed by atoms with Crippen LogP contribution in [0.25, 0.3) is 11.3 Å². The third-order valence-corrected chi connectivity index (χ3v) is 3.70. The fourth-order valence-corrected chi connectivity index (χ4v) is 2.40. The number of rotatable bonds is 2. The second-order valence-corrected chi connectivity index (χ2v) is 5.13. The van der Waals surface area contributed by atoms with Crippen molar-refractivity contribution in [1.82, 2.24) is 4.98 Å². The number of hydrogen-bond donors (Lipinski definition) is 1. The van der Waals surface area contributed by atoms with Crippen LogP contribution in [0.5, 0.6) is 0 Å². The molecule has 1 heterocycles. The van der Waals surface area contributed by atoms with Gasteiger partial charge in [-0.25, -0.2) is 9.78 Å². The van der Waals surface area contributed by atoms with Crippen LogP contribution in [0.15, 0.2) is 24.3 Å². The van der Waals surface area contributed by atoms with Crippen LogP contribution in [0.4, 0.5) is 0 Å². The molecule has 2 rings (SSSR count). The van der Waals surface area contributed by atoms with Crippen molar-refractivity contribution in [2.45, 2.75) is 0 Å². The average molecular weight is 337 g/mol. The van der Waals surface area contributed by atoms with Crippen LogP contribution >= 0.6 is 46.4 Å². The SMILES string of the molecule is O=C(O)c1ccc(Cl)nc1-c1c(Cl)ccc(Cl)c1Cl. The van der Waals surface area contributed by atoms with Gasteiger partial charge in [0.2, 0.25) is 0 Å². The Morgan fingerprint density at radius 2 is 1.63 bits per heavy atom. The first-order valence-electron chi connectivity index (χ1n) is 4.95. The van der Waals surface area contributed by atoms with E-state index >= 15 is 0 Å². The minimum absolute atomic E-state index is 0.0598. The standard InChI is InChI=1S/C12H5Cl4NO2/c13-6-2-3-7(14)10(16)9(6)11-5(12(18)19)1-4-8(15)17-11/h1-4H,(H,18,19). The number of hydrogen-bond acceptors (Lipinski definition) is 2. The first kappa shape index (κ1) is 14.4. The molecule has 98 valence electrons. The highest BCUT2D eigenvalue weighted by Gasteiger charge is 2.20. The summed E-state index contributed by atoms with van der Waals surface area (Å²) in [6, 6.07) is 5.74. The van der Waals surface area contributed by atoms with Crippen molar-refractivity contribution >= 4 is 52.4 Å². The van der Waals surface area contributed by atoms with E-state index in [0.717, 1.165) is 0 Å². The Hall–Kier alpha value is -1.000. The van der Waals surface area contributed by atoms with Gasteiger partial charge < -0.3 is 5.11 Å². The van der Waals surface area contributed by atoms with Gasteiger partial charge in [0, 0.05) is 5.56 Å². The molecule has 0 saturated heterocycles. The van der Waals surface area contributed by atoms with E-state index in [1.54, 1.807) is 0 Å². The van der Waals surface area contributed by atoms with Crippen molar-refractivity contribution in [3.05, 3.63) is 50.0 Å². The number of carbonyl (C=O) groups is 1. The van der Waals surface area contributed by atoms with E-state index in [9.17, 15) is 4.79 Å². The zero-order chi connectivity index (χ0) is 14.2. The van der Waals surface area contributed by atoms with E-state index in [4.69, 9.17) is 51.5 Å². The fraction of sp³-hybridized carbons (Fsp3) is 0. The maximum absolute atomic E-state index is 11.2. The molecule has 3 nitrogen and oxygen atoms in total. The maximum atomic E-state index is 11.2. The molecule has 0 amide bonds. The van der Waals surface area contributed by atoms with Gasteiger partial charge >= 0.3 is 5.97 Å². The topological polar surface area (TPSA) is 50.2 Å². The molecular weight excluding hydrogens is 332 g/mol. The maximum Gasteiger partial charge on any atom is 0.337 e. The molecule has 19 heavy (non-hydrogen) atoms. The van der Waals surface area contributed by atoms with E-state index in [2.05, 4.69) is 4.98 Å². The Labute approximate surface area is 128 Å². The lowest BCUT2D eigenvalue weighted by Crippen LogP contribution is -2.02. The molecule has 0 aliphatic carbocycles. The monoisotopic (exact) mass is 335 g/mol. The molecule has 0 radical (unpaired) electrons. The molecular formula is C12H5Cl4NO2. The van der Waals surface area contributed by atoms with Crippen LogP contribution < -0.4 is 0 Å². The van der Waals surface area contributed by atoms with Gasteiger partial charge in [0.1, 0.15) is 5.15 Å². The summed E-state index contributed by atoms with van der Waals surface area (Å²) in [5.74, 6) is -1.16. The van der Waals surface area contributed by atoms with Gasteiger partial charge in [-0.2, -0.15) is 0 Å². The Balaban J connectivity index is 2.82. The molecule has 7 heteroatoms. The third-order valence-electron chi connectivity index (χ3n) is 2.37. The molecule has 0 bridgehead atoms.